The summed E-state index contributed by atoms with van der Waals surface area (Å²) < 4.78 is 28.4. The van der Waals surface area contributed by atoms with Gasteiger partial charge in [0.15, 0.2) is 0 Å². The van der Waals surface area contributed by atoms with E-state index in [2.05, 4.69) is 5.32 Å². The summed E-state index contributed by atoms with van der Waals surface area (Å²) in [7, 11) is -1.23. The number of carbonyl (C=O) groups excluding carboxylic acids is 2. The van der Waals surface area contributed by atoms with Crippen molar-refractivity contribution < 1.29 is 18.0 Å². The normalized spacial score (nSPS) is 12.5. The maximum Gasteiger partial charge on any atom is 0.304 e. The maximum absolute atomic E-state index is 13.8. The van der Waals surface area contributed by atoms with Gasteiger partial charge in [-0.25, -0.2) is 4.31 Å². The number of carbonyl (C=O) groups is 2. The first-order valence-corrected chi connectivity index (χ1v) is 13.8. The van der Waals surface area contributed by atoms with Crippen LogP contribution in [-0.2, 0) is 26.3 Å². The average molecular weight is 558 g/mol. The van der Waals surface area contributed by atoms with Crippen LogP contribution in [0.3, 0.4) is 0 Å². The molecule has 0 aromatic heterocycles. The molecule has 1 unspecified atom stereocenters. The van der Waals surface area contributed by atoms with Crippen molar-refractivity contribution in [3.05, 3.63) is 64.1 Å². The number of amides is 2. The fourth-order valence-electron chi connectivity index (χ4n) is 3.51. The van der Waals surface area contributed by atoms with Gasteiger partial charge in [0.05, 0.1) is 5.69 Å². The molecule has 0 bridgehead atoms. The monoisotopic (exact) mass is 556 g/mol. The van der Waals surface area contributed by atoms with E-state index in [1.807, 2.05) is 13.8 Å². The maximum atomic E-state index is 13.8. The number of nitrogens with zero attached hydrogens (tertiary/aromatic N) is 3. The molecule has 0 aliphatic heterocycles. The molecule has 0 saturated heterocycles. The lowest BCUT2D eigenvalue weighted by Crippen LogP contribution is -2.53. The molecule has 198 valence electrons. The predicted molar refractivity (Wildman–Crippen MR) is 145 cm³/mol. The fourth-order valence-corrected chi connectivity index (χ4v) is 5.08. The highest BCUT2D eigenvalue weighted by Crippen LogP contribution is 2.28. The van der Waals surface area contributed by atoms with E-state index in [0.717, 1.165) is 8.61 Å². The van der Waals surface area contributed by atoms with Crippen LogP contribution in [0.2, 0.25) is 10.0 Å². The zero-order valence-electron chi connectivity index (χ0n) is 21.2. The van der Waals surface area contributed by atoms with Crippen molar-refractivity contribution >= 4 is 50.9 Å². The molecule has 0 radical (unpaired) electrons. The minimum atomic E-state index is -4.02. The number of nitrogens with one attached hydrogen (secondary N) is 1. The largest absolute Gasteiger partial charge is 0.354 e. The van der Waals surface area contributed by atoms with E-state index < -0.39 is 28.7 Å². The molecule has 0 heterocycles. The van der Waals surface area contributed by atoms with Crippen molar-refractivity contribution in [2.45, 2.75) is 39.8 Å². The number of hydrogen-bond donors (Lipinski definition) is 1. The summed E-state index contributed by atoms with van der Waals surface area (Å²) in [5, 5.41) is 3.57. The topological polar surface area (TPSA) is 90.0 Å². The average Bonchev–Trinajstić information content (AvgIpc) is 2.82. The van der Waals surface area contributed by atoms with Crippen molar-refractivity contribution in [1.29, 1.82) is 0 Å². The molecule has 0 fully saturated rings. The molecule has 0 aliphatic carbocycles. The number of benzene rings is 2. The molecule has 11 heteroatoms. The lowest BCUT2D eigenvalue weighted by Gasteiger charge is -2.34. The summed E-state index contributed by atoms with van der Waals surface area (Å²) >= 11 is 12.8. The van der Waals surface area contributed by atoms with Crippen LogP contribution in [0.15, 0.2) is 48.5 Å². The van der Waals surface area contributed by atoms with Gasteiger partial charge >= 0.3 is 10.2 Å². The van der Waals surface area contributed by atoms with Crippen LogP contribution < -0.4 is 9.62 Å². The predicted octanol–water partition coefficient (Wildman–Crippen LogP) is 4.19. The summed E-state index contributed by atoms with van der Waals surface area (Å²) in [5.74, 6) is -0.677. The fraction of sp³-hybridized carbons (Fsp3) is 0.440. The van der Waals surface area contributed by atoms with Crippen LogP contribution in [0, 0.1) is 5.92 Å². The van der Waals surface area contributed by atoms with Crippen molar-refractivity contribution in [2.24, 2.45) is 5.92 Å². The van der Waals surface area contributed by atoms with Crippen molar-refractivity contribution in [3.63, 3.8) is 0 Å². The first kappa shape index (κ1) is 29.9. The molecule has 2 aromatic rings. The van der Waals surface area contributed by atoms with Crippen LogP contribution in [0.5, 0.6) is 0 Å². The molecule has 0 aliphatic rings. The second-order valence-electron chi connectivity index (χ2n) is 8.92. The van der Waals surface area contributed by atoms with Crippen LogP contribution in [0.4, 0.5) is 5.69 Å². The number of para-hydroxylation sites is 1. The molecule has 2 amide bonds. The Morgan fingerprint density at radius 1 is 0.972 bits per heavy atom. The van der Waals surface area contributed by atoms with Gasteiger partial charge in [-0.15, -0.1) is 0 Å². The highest BCUT2D eigenvalue weighted by atomic mass is 35.5. The van der Waals surface area contributed by atoms with Gasteiger partial charge in [-0.3, -0.25) is 9.59 Å². The first-order chi connectivity index (χ1) is 16.9. The molecule has 36 heavy (non-hydrogen) atoms. The van der Waals surface area contributed by atoms with E-state index >= 15 is 0 Å². The van der Waals surface area contributed by atoms with Crippen LogP contribution in [-0.4, -0.2) is 62.7 Å². The lowest BCUT2D eigenvalue weighted by atomic mass is 10.1. The Labute approximate surface area is 224 Å². The Morgan fingerprint density at radius 2 is 1.56 bits per heavy atom. The third kappa shape index (κ3) is 7.59. The summed E-state index contributed by atoms with van der Waals surface area (Å²) in [5.41, 5.74) is 0.804. The molecule has 2 aromatic carbocycles. The number of rotatable bonds is 12. The van der Waals surface area contributed by atoms with Gasteiger partial charge in [0.25, 0.3) is 0 Å². The molecule has 1 N–H and O–H groups in total. The van der Waals surface area contributed by atoms with Gasteiger partial charge < -0.3 is 10.2 Å². The number of hydrogen-bond acceptors (Lipinski definition) is 4. The van der Waals surface area contributed by atoms with Gasteiger partial charge in [0.2, 0.25) is 11.8 Å². The van der Waals surface area contributed by atoms with Crippen LogP contribution in [0.1, 0.15) is 32.8 Å². The van der Waals surface area contributed by atoms with Gasteiger partial charge in [0.1, 0.15) is 12.6 Å². The third-order valence-corrected chi connectivity index (χ3v) is 8.05. The standard InChI is InChI=1S/C25H34Cl2N4O4S/c1-6-23(25(33)28-15-18(2)3)30(16-20-21(26)13-10-14-22(20)27)24(32)17-31(36(34,35)29(4)5)19-11-8-7-9-12-19/h7-14,18,23H,6,15-17H2,1-5H3,(H,28,33). The van der Waals surface area contributed by atoms with E-state index in [9.17, 15) is 18.0 Å². The SMILES string of the molecule is CCC(C(=O)NCC(C)C)N(Cc1c(Cl)cccc1Cl)C(=O)CN(c1ccccc1)S(=O)(=O)N(C)C. The molecule has 1 atom stereocenters. The minimum absolute atomic E-state index is 0.0599. The lowest BCUT2D eigenvalue weighted by molar-refractivity contribution is -0.140. The Bertz CT molecular complexity index is 1120. The molecule has 0 spiro atoms. The van der Waals surface area contributed by atoms with Crippen LogP contribution >= 0.6 is 23.2 Å². The Balaban J connectivity index is 2.52. The van der Waals surface area contributed by atoms with Gasteiger partial charge in [-0.2, -0.15) is 12.7 Å². The van der Waals surface area contributed by atoms with Gasteiger partial charge in [0, 0.05) is 42.8 Å². The summed E-state index contributed by atoms with van der Waals surface area (Å²) in [6.07, 6.45) is 0.309. The molecule has 8 nitrogen and oxygen atoms in total. The second kappa shape index (κ2) is 13.3. The van der Waals surface area contributed by atoms with E-state index in [4.69, 9.17) is 23.2 Å². The van der Waals surface area contributed by atoms with E-state index in [-0.39, 0.29) is 18.4 Å². The Kier molecular flexibility index (Phi) is 11.0. The minimum Gasteiger partial charge on any atom is -0.354 e. The summed E-state index contributed by atoms with van der Waals surface area (Å²) in [4.78, 5) is 28.3. The zero-order valence-corrected chi connectivity index (χ0v) is 23.6. The molecule has 0 saturated carbocycles. The second-order valence-corrected chi connectivity index (χ2v) is 11.8. The van der Waals surface area contributed by atoms with Gasteiger partial charge in [-0.05, 0) is 36.6 Å². The molecule has 2 rings (SSSR count). The third-order valence-electron chi connectivity index (χ3n) is 5.52. The van der Waals surface area contributed by atoms with E-state index in [0.29, 0.717) is 34.3 Å². The summed E-state index contributed by atoms with van der Waals surface area (Å²) in [6.45, 7) is 5.60. The highest BCUT2D eigenvalue weighted by Gasteiger charge is 2.34. The number of anilines is 1. The smallest absolute Gasteiger partial charge is 0.304 e. The molecular weight excluding hydrogens is 523 g/mol. The van der Waals surface area contributed by atoms with E-state index in [1.54, 1.807) is 55.5 Å². The van der Waals surface area contributed by atoms with Crippen molar-refractivity contribution in [3.8, 4) is 0 Å². The summed E-state index contributed by atoms with van der Waals surface area (Å²) in [6, 6.07) is 12.5. The van der Waals surface area contributed by atoms with Crippen molar-refractivity contribution in [2.75, 3.05) is 31.5 Å². The van der Waals surface area contributed by atoms with Crippen molar-refractivity contribution in [1.82, 2.24) is 14.5 Å². The highest BCUT2D eigenvalue weighted by molar-refractivity contribution is 7.90. The first-order valence-electron chi connectivity index (χ1n) is 11.6. The Hall–Kier alpha value is -2.33. The van der Waals surface area contributed by atoms with Crippen LogP contribution in [0.25, 0.3) is 0 Å². The van der Waals surface area contributed by atoms with Gasteiger partial charge in [-0.1, -0.05) is 68.2 Å². The Morgan fingerprint density at radius 3 is 2.06 bits per heavy atom. The van der Waals surface area contributed by atoms with E-state index in [1.165, 1.54) is 19.0 Å². The zero-order chi connectivity index (χ0) is 27.0. The molecular formula is C25H34Cl2N4O4S. The number of halogens is 2. The quantitative estimate of drug-likeness (QED) is 0.424.